The van der Waals surface area contributed by atoms with Gasteiger partial charge in [-0.2, -0.15) is 0 Å². The Morgan fingerprint density at radius 1 is 1.00 bits per heavy atom. The maximum Gasteiger partial charge on any atom is 0.407 e. The minimum atomic E-state index is -0.594. The van der Waals surface area contributed by atoms with Crippen molar-refractivity contribution >= 4 is 18.0 Å². The molecule has 0 aliphatic heterocycles. The number of amides is 2. The second kappa shape index (κ2) is 9.37. The van der Waals surface area contributed by atoms with Gasteiger partial charge in [-0.3, -0.25) is 9.59 Å². The zero-order valence-electron chi connectivity index (χ0n) is 15.2. The van der Waals surface area contributed by atoms with E-state index in [1.807, 2.05) is 13.8 Å². The molecule has 134 valence electrons. The molecule has 0 bridgehead atoms. The van der Waals surface area contributed by atoms with Crippen LogP contribution in [0.2, 0.25) is 0 Å². The first-order chi connectivity index (χ1) is 10.4. The van der Waals surface area contributed by atoms with Crippen molar-refractivity contribution in [1.82, 2.24) is 10.6 Å². The van der Waals surface area contributed by atoms with E-state index >= 15 is 0 Å². The predicted molar refractivity (Wildman–Crippen MR) is 86.9 cm³/mol. The van der Waals surface area contributed by atoms with Crippen molar-refractivity contribution in [3.63, 3.8) is 0 Å². The van der Waals surface area contributed by atoms with Crippen LogP contribution in [0.5, 0.6) is 0 Å². The van der Waals surface area contributed by atoms with Crippen molar-refractivity contribution in [1.29, 1.82) is 0 Å². The molecule has 0 heterocycles. The van der Waals surface area contributed by atoms with Gasteiger partial charge in [0.15, 0.2) is 0 Å². The molecule has 2 atom stereocenters. The van der Waals surface area contributed by atoms with Crippen LogP contribution in [0.4, 0.5) is 4.79 Å². The fourth-order valence-corrected chi connectivity index (χ4v) is 1.83. The molecule has 0 fully saturated rings. The normalized spacial score (nSPS) is 13.9. The number of alkyl carbamates (subject to hydrolysis) is 1. The fourth-order valence-electron chi connectivity index (χ4n) is 1.83. The van der Waals surface area contributed by atoms with Crippen LogP contribution in [-0.2, 0) is 19.1 Å². The van der Waals surface area contributed by atoms with Gasteiger partial charge in [-0.1, -0.05) is 13.8 Å². The lowest BCUT2D eigenvalue weighted by atomic mass is 10.0. The quantitative estimate of drug-likeness (QED) is 0.696. The van der Waals surface area contributed by atoms with Crippen LogP contribution in [0, 0.1) is 5.92 Å². The fraction of sp³-hybridized carbons (Fsp3) is 0.812. The smallest absolute Gasteiger partial charge is 0.407 e. The maximum absolute atomic E-state index is 12.0. The first-order valence-electron chi connectivity index (χ1n) is 7.80. The van der Waals surface area contributed by atoms with E-state index in [9.17, 15) is 14.4 Å². The van der Waals surface area contributed by atoms with Crippen molar-refractivity contribution in [3.05, 3.63) is 0 Å². The third-order valence-electron chi connectivity index (χ3n) is 3.02. The van der Waals surface area contributed by atoms with Crippen LogP contribution in [0.3, 0.4) is 0 Å². The number of rotatable bonds is 7. The molecule has 0 aromatic carbocycles. The Labute approximate surface area is 138 Å². The lowest BCUT2D eigenvalue weighted by Crippen LogP contribution is -2.45. The number of hydrogen-bond donors (Lipinski definition) is 2. The van der Waals surface area contributed by atoms with E-state index in [1.54, 1.807) is 27.7 Å². The zero-order chi connectivity index (χ0) is 18.2. The van der Waals surface area contributed by atoms with E-state index in [0.29, 0.717) is 0 Å². The van der Waals surface area contributed by atoms with Crippen molar-refractivity contribution in [3.8, 4) is 0 Å². The first-order valence-corrected chi connectivity index (χ1v) is 7.80. The van der Waals surface area contributed by atoms with E-state index in [1.165, 1.54) is 7.11 Å². The number of hydrogen-bond acceptors (Lipinski definition) is 5. The maximum atomic E-state index is 12.0. The Hall–Kier alpha value is -1.79. The van der Waals surface area contributed by atoms with Gasteiger partial charge in [-0.05, 0) is 33.6 Å². The molecule has 0 aliphatic carbocycles. The second-order valence-corrected chi connectivity index (χ2v) is 6.95. The zero-order valence-corrected chi connectivity index (χ0v) is 15.2. The van der Waals surface area contributed by atoms with Gasteiger partial charge in [-0.15, -0.1) is 0 Å². The molecule has 0 spiro atoms. The molecule has 0 radical (unpaired) electrons. The Balaban J connectivity index is 4.49. The molecule has 0 aliphatic rings. The van der Waals surface area contributed by atoms with E-state index in [4.69, 9.17) is 4.74 Å². The van der Waals surface area contributed by atoms with Crippen LogP contribution in [-0.4, -0.2) is 42.8 Å². The first kappa shape index (κ1) is 21.2. The number of methoxy groups -OCH3 is 1. The number of esters is 1. The highest BCUT2D eigenvalue weighted by atomic mass is 16.6. The van der Waals surface area contributed by atoms with Crippen LogP contribution in [0.1, 0.15) is 54.4 Å². The minimum absolute atomic E-state index is 0.0594. The Bertz CT molecular complexity index is 415. The van der Waals surface area contributed by atoms with Gasteiger partial charge in [0.25, 0.3) is 0 Å². The summed E-state index contributed by atoms with van der Waals surface area (Å²) in [5.74, 6) is -0.564. The van der Waals surface area contributed by atoms with E-state index in [-0.39, 0.29) is 42.7 Å². The average molecular weight is 330 g/mol. The highest BCUT2D eigenvalue weighted by Gasteiger charge is 2.24. The molecule has 7 heteroatoms. The summed E-state index contributed by atoms with van der Waals surface area (Å²) >= 11 is 0. The summed E-state index contributed by atoms with van der Waals surface area (Å²) in [5.41, 5.74) is -0.594. The van der Waals surface area contributed by atoms with Crippen molar-refractivity contribution in [2.75, 3.05) is 7.11 Å². The van der Waals surface area contributed by atoms with Crippen LogP contribution < -0.4 is 10.6 Å². The van der Waals surface area contributed by atoms with Gasteiger partial charge in [0.05, 0.1) is 13.5 Å². The summed E-state index contributed by atoms with van der Waals surface area (Å²) in [5, 5.41) is 5.44. The van der Waals surface area contributed by atoms with Crippen molar-refractivity contribution in [2.45, 2.75) is 72.1 Å². The highest BCUT2D eigenvalue weighted by Crippen LogP contribution is 2.11. The summed E-state index contributed by atoms with van der Waals surface area (Å²) in [6.07, 6.45) is -0.331. The number of carbonyl (C=O) groups is 3. The summed E-state index contributed by atoms with van der Waals surface area (Å²) in [4.78, 5) is 35.1. The van der Waals surface area contributed by atoms with Gasteiger partial charge < -0.3 is 20.1 Å². The molecule has 2 amide bonds. The molecular formula is C16H30N2O5. The Morgan fingerprint density at radius 3 is 2.00 bits per heavy atom. The Kier molecular flexibility index (Phi) is 8.64. The van der Waals surface area contributed by atoms with Gasteiger partial charge >= 0.3 is 12.1 Å². The monoisotopic (exact) mass is 330 g/mol. The van der Waals surface area contributed by atoms with Crippen LogP contribution in [0.25, 0.3) is 0 Å². The van der Waals surface area contributed by atoms with E-state index < -0.39 is 11.7 Å². The topological polar surface area (TPSA) is 93.7 Å². The van der Waals surface area contributed by atoms with Gasteiger partial charge in [0, 0.05) is 18.5 Å². The lowest BCUT2D eigenvalue weighted by molar-refractivity contribution is -0.141. The number of ether oxygens (including phenoxy) is 2. The van der Waals surface area contributed by atoms with E-state index in [2.05, 4.69) is 15.4 Å². The Morgan fingerprint density at radius 2 is 1.57 bits per heavy atom. The van der Waals surface area contributed by atoms with Crippen molar-refractivity contribution in [2.24, 2.45) is 5.92 Å². The molecule has 23 heavy (non-hydrogen) atoms. The molecule has 7 nitrogen and oxygen atoms in total. The van der Waals surface area contributed by atoms with Crippen molar-refractivity contribution < 1.29 is 23.9 Å². The SMILES string of the molecule is COC(=O)C[C@H](C)NC(=O)C[C@@H](NC(=O)OC(C)(C)C)C(C)C. The van der Waals surface area contributed by atoms with Gasteiger partial charge in [0.1, 0.15) is 5.60 Å². The minimum Gasteiger partial charge on any atom is -0.469 e. The molecular weight excluding hydrogens is 300 g/mol. The summed E-state index contributed by atoms with van der Waals surface area (Å²) in [7, 11) is 1.30. The summed E-state index contributed by atoms with van der Waals surface area (Å²) in [6.45, 7) is 10.9. The molecule has 0 aromatic rings. The number of carbonyl (C=O) groups excluding carboxylic acids is 3. The third-order valence-corrected chi connectivity index (χ3v) is 3.02. The average Bonchev–Trinajstić information content (AvgIpc) is 2.34. The molecule has 0 rings (SSSR count). The molecule has 0 aromatic heterocycles. The second-order valence-electron chi connectivity index (χ2n) is 6.95. The molecule has 0 saturated heterocycles. The lowest BCUT2D eigenvalue weighted by Gasteiger charge is -2.26. The van der Waals surface area contributed by atoms with Crippen LogP contribution >= 0.6 is 0 Å². The molecule has 0 saturated carbocycles. The molecule has 2 N–H and O–H groups in total. The third kappa shape index (κ3) is 10.5. The van der Waals surface area contributed by atoms with E-state index in [0.717, 1.165) is 0 Å². The largest absolute Gasteiger partial charge is 0.469 e. The summed E-state index contributed by atoms with van der Waals surface area (Å²) in [6, 6.07) is -0.681. The summed E-state index contributed by atoms with van der Waals surface area (Å²) < 4.78 is 9.76. The number of nitrogens with one attached hydrogen (secondary N) is 2. The van der Waals surface area contributed by atoms with Gasteiger partial charge in [0.2, 0.25) is 5.91 Å². The highest BCUT2D eigenvalue weighted by molar-refractivity contribution is 5.79. The molecule has 0 unspecified atom stereocenters. The predicted octanol–water partition coefficient (Wildman–Crippen LogP) is 1.99. The standard InChI is InChI=1S/C16H30N2O5/c1-10(2)12(18-15(21)23-16(4,5)6)9-13(19)17-11(3)8-14(20)22-7/h10-12H,8-9H2,1-7H3,(H,17,19)(H,18,21)/t11-,12+/m0/s1. The van der Waals surface area contributed by atoms with Gasteiger partial charge in [-0.25, -0.2) is 4.79 Å². The van der Waals surface area contributed by atoms with Crippen LogP contribution in [0.15, 0.2) is 0 Å².